The number of thioether (sulfide) groups is 1. The van der Waals surface area contributed by atoms with Crippen LogP contribution in [-0.4, -0.2) is 40.2 Å². The Hall–Kier alpha value is -1.60. The molecular formula is C15H15ClFN3O2S. The van der Waals surface area contributed by atoms with E-state index in [0.29, 0.717) is 5.69 Å². The fourth-order valence-electron chi connectivity index (χ4n) is 2.51. The van der Waals surface area contributed by atoms with Crippen LogP contribution >= 0.6 is 23.4 Å². The van der Waals surface area contributed by atoms with Gasteiger partial charge in [0.1, 0.15) is 11.1 Å². The average Bonchev–Trinajstić information content (AvgIpc) is 3.13. The summed E-state index contributed by atoms with van der Waals surface area (Å²) in [5.74, 6) is -1.14. The lowest BCUT2D eigenvalue weighted by molar-refractivity contribution is -0.121. The molecule has 2 amide bonds. The molecule has 0 aromatic heterocycles. The molecule has 5 nitrogen and oxygen atoms in total. The van der Waals surface area contributed by atoms with Crippen LogP contribution in [0.5, 0.6) is 0 Å². The number of amides is 2. The first-order valence-electron chi connectivity index (χ1n) is 7.32. The summed E-state index contributed by atoms with van der Waals surface area (Å²) in [6.45, 7) is 1.82. The Morgan fingerprint density at radius 3 is 2.87 bits per heavy atom. The number of benzene rings is 1. The number of likely N-dealkylation sites (tertiary alicyclic amines) is 1. The summed E-state index contributed by atoms with van der Waals surface area (Å²) in [6.07, 6.45) is 2.23. The summed E-state index contributed by atoms with van der Waals surface area (Å²) in [6, 6.07) is 3.95. The Morgan fingerprint density at radius 1 is 1.43 bits per heavy atom. The van der Waals surface area contributed by atoms with E-state index < -0.39 is 11.1 Å². The van der Waals surface area contributed by atoms with Crippen molar-refractivity contribution in [1.82, 2.24) is 4.90 Å². The summed E-state index contributed by atoms with van der Waals surface area (Å²) in [7, 11) is 0. The number of amidine groups is 1. The van der Waals surface area contributed by atoms with Crippen molar-refractivity contribution in [3.8, 4) is 0 Å². The lowest BCUT2D eigenvalue weighted by atomic mass is 10.2. The van der Waals surface area contributed by atoms with Gasteiger partial charge >= 0.3 is 0 Å². The molecular weight excluding hydrogens is 341 g/mol. The molecule has 1 atom stereocenters. The number of nitrogens with zero attached hydrogens (tertiary/aromatic N) is 2. The third-order valence-electron chi connectivity index (χ3n) is 3.68. The molecule has 1 fully saturated rings. The molecule has 1 saturated heterocycles. The van der Waals surface area contributed by atoms with Crippen molar-refractivity contribution in [2.24, 2.45) is 4.99 Å². The maximum Gasteiger partial charge on any atom is 0.262 e. The number of rotatable bonds is 3. The normalized spacial score (nSPS) is 20.8. The monoisotopic (exact) mass is 355 g/mol. The Labute approximate surface area is 142 Å². The van der Waals surface area contributed by atoms with E-state index >= 15 is 0 Å². The zero-order chi connectivity index (χ0) is 16.4. The predicted molar refractivity (Wildman–Crippen MR) is 89.3 cm³/mol. The molecule has 1 N–H and O–H groups in total. The molecule has 2 heterocycles. The molecule has 23 heavy (non-hydrogen) atoms. The Bertz CT molecular complexity index is 677. The van der Waals surface area contributed by atoms with Gasteiger partial charge in [-0.3, -0.25) is 9.59 Å². The minimum Gasteiger partial charge on any atom is -0.351 e. The smallest absolute Gasteiger partial charge is 0.262 e. The van der Waals surface area contributed by atoms with Crippen molar-refractivity contribution in [2.45, 2.75) is 24.5 Å². The van der Waals surface area contributed by atoms with Gasteiger partial charge in [-0.1, -0.05) is 23.4 Å². The first kappa shape index (κ1) is 16.3. The molecule has 0 radical (unpaired) electrons. The van der Waals surface area contributed by atoms with E-state index in [9.17, 15) is 14.0 Å². The first-order chi connectivity index (χ1) is 11.0. The van der Waals surface area contributed by atoms with Crippen molar-refractivity contribution < 1.29 is 14.0 Å². The van der Waals surface area contributed by atoms with Crippen LogP contribution in [0.15, 0.2) is 23.2 Å². The fraction of sp³-hybridized carbons (Fsp3) is 0.400. The SMILES string of the molecule is O=C(C[C@H]1SC(N2CCCC2)=NC1=O)Nc1ccc(F)c(Cl)c1. The molecule has 0 aliphatic carbocycles. The Kier molecular flexibility index (Phi) is 4.87. The molecule has 1 aromatic carbocycles. The summed E-state index contributed by atoms with van der Waals surface area (Å²) in [5, 5.41) is 2.78. The lowest BCUT2D eigenvalue weighted by Gasteiger charge is -2.16. The van der Waals surface area contributed by atoms with Gasteiger partial charge in [-0.15, -0.1) is 0 Å². The van der Waals surface area contributed by atoms with E-state index in [1.165, 1.54) is 30.0 Å². The second-order valence-electron chi connectivity index (χ2n) is 5.41. The van der Waals surface area contributed by atoms with E-state index in [0.717, 1.165) is 31.1 Å². The zero-order valence-electron chi connectivity index (χ0n) is 12.2. The predicted octanol–water partition coefficient (Wildman–Crippen LogP) is 2.90. The molecule has 0 bridgehead atoms. The molecule has 122 valence electrons. The van der Waals surface area contributed by atoms with Crippen molar-refractivity contribution in [3.63, 3.8) is 0 Å². The third-order valence-corrected chi connectivity index (χ3v) is 5.18. The van der Waals surface area contributed by atoms with E-state index in [1.807, 2.05) is 0 Å². The highest BCUT2D eigenvalue weighted by Crippen LogP contribution is 2.29. The molecule has 2 aliphatic rings. The van der Waals surface area contributed by atoms with Gasteiger partial charge in [0, 0.05) is 25.2 Å². The molecule has 3 rings (SSSR count). The maximum absolute atomic E-state index is 13.1. The Balaban J connectivity index is 1.56. The minimum absolute atomic E-state index is 0.0271. The van der Waals surface area contributed by atoms with Crippen molar-refractivity contribution in [2.75, 3.05) is 18.4 Å². The molecule has 8 heteroatoms. The highest BCUT2D eigenvalue weighted by Gasteiger charge is 2.33. The van der Waals surface area contributed by atoms with Crippen LogP contribution in [0, 0.1) is 5.82 Å². The van der Waals surface area contributed by atoms with Gasteiger partial charge in [0.05, 0.1) is 5.02 Å². The second-order valence-corrected chi connectivity index (χ2v) is 6.99. The lowest BCUT2D eigenvalue weighted by Crippen LogP contribution is -2.25. The molecule has 0 unspecified atom stereocenters. The van der Waals surface area contributed by atoms with Crippen molar-refractivity contribution in [1.29, 1.82) is 0 Å². The van der Waals surface area contributed by atoms with Gasteiger partial charge in [-0.25, -0.2) is 4.39 Å². The molecule has 0 spiro atoms. The van der Waals surface area contributed by atoms with Crippen LogP contribution in [0.4, 0.5) is 10.1 Å². The maximum atomic E-state index is 13.1. The number of carbonyl (C=O) groups is 2. The molecule has 0 saturated carbocycles. The number of hydrogen-bond acceptors (Lipinski definition) is 4. The van der Waals surface area contributed by atoms with Crippen LogP contribution in [0.2, 0.25) is 5.02 Å². The van der Waals surface area contributed by atoms with Crippen LogP contribution < -0.4 is 5.32 Å². The Morgan fingerprint density at radius 2 is 2.17 bits per heavy atom. The standard InChI is InChI=1S/C15H15ClFN3O2S/c16-10-7-9(3-4-11(10)17)18-13(21)8-12-14(22)19-15(23-12)20-5-1-2-6-20/h3-4,7,12H,1-2,5-6,8H2,(H,18,21)/t12-/m1/s1. The van der Waals surface area contributed by atoms with Crippen LogP contribution in [0.3, 0.4) is 0 Å². The third kappa shape index (κ3) is 3.84. The van der Waals surface area contributed by atoms with Gasteiger partial charge in [0.25, 0.3) is 5.91 Å². The summed E-state index contributed by atoms with van der Waals surface area (Å²) in [5.41, 5.74) is 0.400. The number of carbonyl (C=O) groups excluding carboxylic acids is 2. The number of anilines is 1. The topological polar surface area (TPSA) is 61.8 Å². The van der Waals surface area contributed by atoms with E-state index in [1.54, 1.807) is 0 Å². The van der Waals surface area contributed by atoms with Gasteiger partial charge < -0.3 is 10.2 Å². The highest BCUT2D eigenvalue weighted by molar-refractivity contribution is 8.15. The summed E-state index contributed by atoms with van der Waals surface area (Å²) < 4.78 is 13.1. The van der Waals surface area contributed by atoms with Crippen molar-refractivity contribution >= 4 is 46.0 Å². The highest BCUT2D eigenvalue weighted by atomic mass is 35.5. The largest absolute Gasteiger partial charge is 0.351 e. The minimum atomic E-state index is -0.546. The van der Waals surface area contributed by atoms with E-state index in [-0.39, 0.29) is 23.3 Å². The van der Waals surface area contributed by atoms with E-state index in [2.05, 4.69) is 15.2 Å². The van der Waals surface area contributed by atoms with Gasteiger partial charge in [0.2, 0.25) is 5.91 Å². The summed E-state index contributed by atoms with van der Waals surface area (Å²) >= 11 is 7.01. The number of nitrogens with one attached hydrogen (secondary N) is 1. The number of halogens is 2. The van der Waals surface area contributed by atoms with Gasteiger partial charge in [0.15, 0.2) is 5.17 Å². The van der Waals surface area contributed by atoms with Crippen molar-refractivity contribution in [3.05, 3.63) is 29.0 Å². The zero-order valence-corrected chi connectivity index (χ0v) is 13.8. The second kappa shape index (κ2) is 6.88. The van der Waals surface area contributed by atoms with Crippen LogP contribution in [0.1, 0.15) is 19.3 Å². The van der Waals surface area contributed by atoms with Crippen LogP contribution in [0.25, 0.3) is 0 Å². The molecule has 2 aliphatic heterocycles. The number of hydrogen-bond donors (Lipinski definition) is 1. The molecule has 1 aromatic rings. The van der Waals surface area contributed by atoms with Gasteiger partial charge in [-0.05, 0) is 31.0 Å². The fourth-order valence-corrected chi connectivity index (χ4v) is 3.80. The quantitative estimate of drug-likeness (QED) is 0.905. The first-order valence-corrected chi connectivity index (χ1v) is 8.58. The van der Waals surface area contributed by atoms with Gasteiger partial charge in [-0.2, -0.15) is 4.99 Å². The average molecular weight is 356 g/mol. The summed E-state index contributed by atoms with van der Waals surface area (Å²) in [4.78, 5) is 30.1. The van der Waals surface area contributed by atoms with E-state index in [4.69, 9.17) is 11.6 Å². The van der Waals surface area contributed by atoms with Crippen LogP contribution in [-0.2, 0) is 9.59 Å². The number of aliphatic imine (C=N–C) groups is 1.